The van der Waals surface area contributed by atoms with Gasteiger partial charge in [-0.1, -0.05) is 12.1 Å². The van der Waals surface area contributed by atoms with Gasteiger partial charge >= 0.3 is 0 Å². The predicted molar refractivity (Wildman–Crippen MR) is 126 cm³/mol. The summed E-state index contributed by atoms with van der Waals surface area (Å²) in [4.78, 5) is 8.01. The molecule has 1 fully saturated rings. The molecule has 0 aliphatic carbocycles. The Bertz CT molecular complexity index is 791. The number of phenolic OH excluding ortho intramolecular Hbond substituents is 1. The first-order valence-corrected chi connectivity index (χ1v) is 10.3. The molecular weight excluding hydrogens is 506 g/mol. The molecule has 9 heteroatoms. The van der Waals surface area contributed by atoms with Crippen LogP contribution in [0.1, 0.15) is 23.4 Å². The van der Waals surface area contributed by atoms with Crippen molar-refractivity contribution in [2.45, 2.75) is 25.6 Å². The topological polar surface area (TPSA) is 69.1 Å². The molecular formula is C20H28FIN4O2S. The summed E-state index contributed by atoms with van der Waals surface area (Å²) in [7, 11) is 1.71. The highest BCUT2D eigenvalue weighted by Gasteiger charge is 2.26. The first kappa shape index (κ1) is 23.8. The Labute approximate surface area is 192 Å². The van der Waals surface area contributed by atoms with Gasteiger partial charge in [0.25, 0.3) is 0 Å². The van der Waals surface area contributed by atoms with Crippen LogP contribution in [0, 0.1) is 5.82 Å². The minimum absolute atomic E-state index is 0. The third-order valence-electron chi connectivity index (χ3n) is 4.74. The molecule has 3 N–H and O–H groups in total. The maximum Gasteiger partial charge on any atom is 0.191 e. The Morgan fingerprint density at radius 1 is 1.41 bits per heavy atom. The molecule has 160 valence electrons. The van der Waals surface area contributed by atoms with Crippen LogP contribution >= 0.6 is 35.3 Å². The third kappa shape index (κ3) is 6.80. The van der Waals surface area contributed by atoms with Crippen LogP contribution in [-0.4, -0.2) is 55.4 Å². The van der Waals surface area contributed by atoms with Crippen LogP contribution in [-0.2, 0) is 11.3 Å². The Hall–Kier alpha value is -1.43. The number of rotatable bonds is 6. The average Bonchev–Trinajstić information content (AvgIpc) is 3.21. The molecule has 1 aliphatic rings. The highest BCUT2D eigenvalue weighted by molar-refractivity contribution is 14.0. The Balaban J connectivity index is 0.00000300. The third-order valence-corrected chi connectivity index (χ3v) is 5.72. The van der Waals surface area contributed by atoms with Crippen molar-refractivity contribution in [3.05, 3.63) is 52.0 Å². The molecule has 0 amide bonds. The van der Waals surface area contributed by atoms with E-state index in [4.69, 9.17) is 4.74 Å². The van der Waals surface area contributed by atoms with Gasteiger partial charge in [0, 0.05) is 38.1 Å². The standard InChI is InChI=1S/C20H27FN4O2S.HI/c1-14-13-25(7-8-27-14)17(19-4-3-9-28-19)12-24-20(22-2)23-11-15-5-6-18(26)16(21)10-15;/h3-6,9-10,14,17,26H,7-8,11-13H2,1-2H3,(H2,22,23,24);1H. The van der Waals surface area contributed by atoms with E-state index in [9.17, 15) is 9.50 Å². The minimum atomic E-state index is -0.624. The summed E-state index contributed by atoms with van der Waals surface area (Å²) in [6, 6.07) is 8.82. The second-order valence-corrected chi connectivity index (χ2v) is 7.78. The zero-order chi connectivity index (χ0) is 19.9. The van der Waals surface area contributed by atoms with Crippen molar-refractivity contribution in [3.63, 3.8) is 0 Å². The second kappa shape index (κ2) is 11.7. The van der Waals surface area contributed by atoms with Crippen molar-refractivity contribution < 1.29 is 14.2 Å². The molecule has 2 unspecified atom stereocenters. The number of phenols is 1. The first-order valence-electron chi connectivity index (χ1n) is 9.37. The van der Waals surface area contributed by atoms with E-state index < -0.39 is 5.82 Å². The van der Waals surface area contributed by atoms with E-state index in [1.54, 1.807) is 24.5 Å². The number of hydrogen-bond donors (Lipinski definition) is 3. The number of thiophene rings is 1. The Morgan fingerprint density at radius 3 is 2.90 bits per heavy atom. The number of nitrogens with zero attached hydrogens (tertiary/aromatic N) is 2. The fourth-order valence-corrected chi connectivity index (χ4v) is 4.14. The lowest BCUT2D eigenvalue weighted by Gasteiger charge is -2.37. The zero-order valence-electron chi connectivity index (χ0n) is 16.6. The molecule has 29 heavy (non-hydrogen) atoms. The fraction of sp³-hybridized carbons (Fsp3) is 0.450. The van der Waals surface area contributed by atoms with E-state index in [0.29, 0.717) is 19.0 Å². The fourth-order valence-electron chi connectivity index (χ4n) is 3.28. The van der Waals surface area contributed by atoms with Crippen molar-refractivity contribution >= 4 is 41.3 Å². The number of benzene rings is 1. The van der Waals surface area contributed by atoms with Gasteiger partial charge < -0.3 is 20.5 Å². The van der Waals surface area contributed by atoms with Crippen LogP contribution in [0.4, 0.5) is 4.39 Å². The Kier molecular flexibility index (Phi) is 9.60. The van der Waals surface area contributed by atoms with Crippen LogP contribution in [0.3, 0.4) is 0 Å². The van der Waals surface area contributed by atoms with Gasteiger partial charge in [0.05, 0.1) is 18.8 Å². The van der Waals surface area contributed by atoms with Gasteiger partial charge in [0.2, 0.25) is 0 Å². The number of morpholine rings is 1. The van der Waals surface area contributed by atoms with Gasteiger partial charge in [-0.15, -0.1) is 35.3 Å². The average molecular weight is 534 g/mol. The maximum absolute atomic E-state index is 13.5. The lowest BCUT2D eigenvalue weighted by atomic mass is 10.1. The highest BCUT2D eigenvalue weighted by Crippen LogP contribution is 2.26. The van der Waals surface area contributed by atoms with Gasteiger partial charge in [-0.2, -0.15) is 0 Å². The number of aliphatic imine (C=N–C) groups is 1. The van der Waals surface area contributed by atoms with Crippen molar-refractivity contribution in [2.75, 3.05) is 33.3 Å². The molecule has 6 nitrogen and oxygen atoms in total. The number of guanidine groups is 1. The summed E-state index contributed by atoms with van der Waals surface area (Å²) in [6.07, 6.45) is 0.220. The molecule has 0 saturated carbocycles. The van der Waals surface area contributed by atoms with Crippen molar-refractivity contribution in [2.24, 2.45) is 4.99 Å². The summed E-state index contributed by atoms with van der Waals surface area (Å²) in [5.74, 6) is -0.317. The monoisotopic (exact) mass is 534 g/mol. The van der Waals surface area contributed by atoms with Gasteiger partial charge in [-0.25, -0.2) is 4.39 Å². The molecule has 2 aromatic rings. The van der Waals surface area contributed by atoms with E-state index in [2.05, 4.69) is 45.0 Å². The summed E-state index contributed by atoms with van der Waals surface area (Å²) in [5, 5.41) is 18.0. The predicted octanol–water partition coefficient (Wildman–Crippen LogP) is 3.34. The van der Waals surface area contributed by atoms with Gasteiger partial charge in [0.15, 0.2) is 17.5 Å². The van der Waals surface area contributed by atoms with Gasteiger partial charge in [0.1, 0.15) is 0 Å². The summed E-state index contributed by atoms with van der Waals surface area (Å²) in [5.41, 5.74) is 0.732. The van der Waals surface area contributed by atoms with Crippen molar-refractivity contribution in [3.8, 4) is 5.75 Å². The highest BCUT2D eigenvalue weighted by atomic mass is 127. The number of halogens is 2. The van der Waals surface area contributed by atoms with Crippen LogP contribution in [0.15, 0.2) is 40.7 Å². The molecule has 0 radical (unpaired) electrons. The molecule has 1 aliphatic heterocycles. The molecule has 1 aromatic heterocycles. The van der Waals surface area contributed by atoms with E-state index in [-0.39, 0.29) is 41.9 Å². The smallest absolute Gasteiger partial charge is 0.191 e. The molecule has 3 rings (SSSR count). The van der Waals surface area contributed by atoms with E-state index in [1.165, 1.54) is 17.0 Å². The number of ether oxygens (including phenoxy) is 1. The number of aromatic hydroxyl groups is 1. The van der Waals surface area contributed by atoms with Crippen LogP contribution < -0.4 is 10.6 Å². The summed E-state index contributed by atoms with van der Waals surface area (Å²) >= 11 is 1.75. The van der Waals surface area contributed by atoms with Gasteiger partial charge in [-0.3, -0.25) is 9.89 Å². The lowest BCUT2D eigenvalue weighted by Crippen LogP contribution is -2.47. The van der Waals surface area contributed by atoms with Crippen molar-refractivity contribution in [1.82, 2.24) is 15.5 Å². The number of hydrogen-bond acceptors (Lipinski definition) is 5. The minimum Gasteiger partial charge on any atom is -0.505 e. The van der Waals surface area contributed by atoms with E-state index in [0.717, 1.165) is 25.3 Å². The molecule has 2 atom stereocenters. The quantitative estimate of drug-likeness (QED) is 0.302. The SMILES string of the molecule is CN=C(NCc1ccc(O)c(F)c1)NCC(c1cccs1)N1CCOC(C)C1.I. The summed E-state index contributed by atoms with van der Waals surface area (Å²) in [6.45, 7) is 5.74. The largest absolute Gasteiger partial charge is 0.505 e. The molecule has 1 saturated heterocycles. The first-order chi connectivity index (χ1) is 13.6. The van der Waals surface area contributed by atoms with Gasteiger partial charge in [-0.05, 0) is 36.1 Å². The normalized spacial score (nSPS) is 18.7. The molecule has 0 spiro atoms. The molecule has 0 bridgehead atoms. The van der Waals surface area contributed by atoms with Crippen LogP contribution in [0.2, 0.25) is 0 Å². The van der Waals surface area contributed by atoms with E-state index >= 15 is 0 Å². The van der Waals surface area contributed by atoms with Crippen molar-refractivity contribution in [1.29, 1.82) is 0 Å². The molecule has 2 heterocycles. The Morgan fingerprint density at radius 2 is 2.24 bits per heavy atom. The second-order valence-electron chi connectivity index (χ2n) is 6.80. The molecule has 1 aromatic carbocycles. The lowest BCUT2D eigenvalue weighted by molar-refractivity contribution is -0.0334. The van der Waals surface area contributed by atoms with E-state index in [1.807, 2.05) is 0 Å². The number of nitrogens with one attached hydrogen (secondary N) is 2. The van der Waals surface area contributed by atoms with Crippen LogP contribution in [0.25, 0.3) is 0 Å². The van der Waals surface area contributed by atoms with Crippen LogP contribution in [0.5, 0.6) is 5.75 Å². The summed E-state index contributed by atoms with van der Waals surface area (Å²) < 4.78 is 19.2. The zero-order valence-corrected chi connectivity index (χ0v) is 19.7. The maximum atomic E-state index is 13.5.